The molecule has 3 rings (SSSR count). The Bertz CT molecular complexity index is 575. The smallest absolute Gasteiger partial charge is 0.325 e. The molecule has 1 aromatic carbocycles. The molecular weight excluding hydrogens is 262 g/mol. The van der Waals surface area contributed by atoms with Crippen molar-refractivity contribution in [1.82, 2.24) is 4.90 Å². The molecule has 7 nitrogen and oxygen atoms in total. The van der Waals surface area contributed by atoms with E-state index in [1.807, 2.05) is 0 Å². The maximum atomic E-state index is 12.4. The van der Waals surface area contributed by atoms with Gasteiger partial charge in [-0.1, -0.05) is 0 Å². The normalized spacial score (nSPS) is 20.2. The third-order valence-corrected chi connectivity index (χ3v) is 3.48. The molecule has 0 bridgehead atoms. The van der Waals surface area contributed by atoms with Crippen molar-refractivity contribution in [3.05, 3.63) is 18.2 Å². The number of hydrogen-bond donors (Lipinski definition) is 1. The molecule has 0 aromatic heterocycles. The molecular formula is C13H15N3O4. The van der Waals surface area contributed by atoms with Gasteiger partial charge < -0.3 is 20.1 Å². The van der Waals surface area contributed by atoms with Crippen LogP contribution >= 0.6 is 0 Å². The predicted molar refractivity (Wildman–Crippen MR) is 70.9 cm³/mol. The monoisotopic (exact) mass is 277 g/mol. The molecule has 0 aliphatic carbocycles. The van der Waals surface area contributed by atoms with E-state index in [1.54, 1.807) is 30.2 Å². The molecule has 3 amide bonds. The molecule has 2 aliphatic heterocycles. The van der Waals surface area contributed by atoms with E-state index in [4.69, 9.17) is 15.2 Å². The predicted octanol–water partition coefficient (Wildman–Crippen LogP) is 0.183. The second-order valence-electron chi connectivity index (χ2n) is 4.80. The third kappa shape index (κ3) is 1.91. The van der Waals surface area contributed by atoms with Crippen LogP contribution in [0.4, 0.5) is 10.5 Å². The number of fused-ring (bicyclic) bond motifs is 3. The number of amides is 3. The molecule has 1 unspecified atom stereocenters. The molecule has 7 heteroatoms. The number of carbonyl (C=O) groups is 2. The number of rotatable bonds is 3. The number of ether oxygens (including phenoxy) is 2. The zero-order valence-corrected chi connectivity index (χ0v) is 11.0. The first kappa shape index (κ1) is 12.6. The molecule has 0 radical (unpaired) electrons. The summed E-state index contributed by atoms with van der Waals surface area (Å²) < 4.78 is 10.8. The van der Waals surface area contributed by atoms with Crippen molar-refractivity contribution in [2.45, 2.75) is 6.04 Å². The highest BCUT2D eigenvalue weighted by atomic mass is 16.5. The molecule has 2 N–H and O–H groups in total. The zero-order valence-electron chi connectivity index (χ0n) is 11.0. The van der Waals surface area contributed by atoms with Crippen LogP contribution in [0.5, 0.6) is 11.5 Å². The van der Waals surface area contributed by atoms with Crippen molar-refractivity contribution in [2.75, 3.05) is 31.7 Å². The lowest BCUT2D eigenvalue weighted by Crippen LogP contribution is -2.42. The second-order valence-corrected chi connectivity index (χ2v) is 4.80. The van der Waals surface area contributed by atoms with Crippen LogP contribution in [0.1, 0.15) is 0 Å². The molecule has 1 saturated heterocycles. The van der Waals surface area contributed by atoms with Gasteiger partial charge in [-0.3, -0.25) is 9.69 Å². The van der Waals surface area contributed by atoms with Crippen molar-refractivity contribution in [3.63, 3.8) is 0 Å². The number of urea groups is 1. The Morgan fingerprint density at radius 2 is 2.35 bits per heavy atom. The number of primary amides is 1. The molecule has 106 valence electrons. The standard InChI is InChI=1S/C13H15N3O4/c1-19-9-2-3-11-10(4-9)16-8(7-20-11)5-15(13(16)18)6-12(14)17/h2-4,8H,5-7H2,1H3,(H2,14,17). The number of nitrogens with two attached hydrogens (primary N) is 1. The van der Waals surface area contributed by atoms with Crippen molar-refractivity contribution >= 4 is 17.6 Å². The lowest BCUT2D eigenvalue weighted by Gasteiger charge is -2.30. The van der Waals surface area contributed by atoms with Gasteiger partial charge in [0.05, 0.1) is 18.8 Å². The molecule has 20 heavy (non-hydrogen) atoms. The topological polar surface area (TPSA) is 85.1 Å². The molecule has 1 atom stereocenters. The fourth-order valence-electron chi connectivity index (χ4n) is 2.59. The fourth-order valence-corrected chi connectivity index (χ4v) is 2.59. The maximum absolute atomic E-state index is 12.4. The number of anilines is 1. The summed E-state index contributed by atoms with van der Waals surface area (Å²) in [7, 11) is 1.56. The van der Waals surface area contributed by atoms with Gasteiger partial charge in [-0.2, -0.15) is 0 Å². The summed E-state index contributed by atoms with van der Waals surface area (Å²) in [5.41, 5.74) is 5.83. The van der Waals surface area contributed by atoms with Gasteiger partial charge in [0, 0.05) is 12.6 Å². The van der Waals surface area contributed by atoms with E-state index >= 15 is 0 Å². The average molecular weight is 277 g/mol. The van der Waals surface area contributed by atoms with Gasteiger partial charge in [0.15, 0.2) is 0 Å². The molecule has 2 heterocycles. The van der Waals surface area contributed by atoms with Crippen molar-refractivity contribution in [3.8, 4) is 11.5 Å². The quantitative estimate of drug-likeness (QED) is 0.854. The van der Waals surface area contributed by atoms with Gasteiger partial charge in [-0.15, -0.1) is 0 Å². The zero-order chi connectivity index (χ0) is 14.3. The van der Waals surface area contributed by atoms with Crippen LogP contribution in [-0.4, -0.2) is 49.7 Å². The lowest BCUT2D eigenvalue weighted by atomic mass is 10.2. The van der Waals surface area contributed by atoms with Gasteiger partial charge in [-0.05, 0) is 12.1 Å². The van der Waals surface area contributed by atoms with E-state index in [-0.39, 0.29) is 18.6 Å². The van der Waals surface area contributed by atoms with Gasteiger partial charge in [0.25, 0.3) is 0 Å². The van der Waals surface area contributed by atoms with E-state index in [1.165, 1.54) is 4.90 Å². The van der Waals surface area contributed by atoms with Crippen LogP contribution in [0.3, 0.4) is 0 Å². The molecule has 1 fully saturated rings. The van der Waals surface area contributed by atoms with E-state index in [0.29, 0.717) is 30.3 Å². The summed E-state index contributed by atoms with van der Waals surface area (Å²) in [6, 6.07) is 4.97. The number of nitrogens with zero attached hydrogens (tertiary/aromatic N) is 2. The van der Waals surface area contributed by atoms with Gasteiger partial charge in [0.2, 0.25) is 5.91 Å². The minimum atomic E-state index is -0.523. The first-order chi connectivity index (χ1) is 9.60. The largest absolute Gasteiger partial charge is 0.497 e. The minimum Gasteiger partial charge on any atom is -0.497 e. The minimum absolute atomic E-state index is 0.0782. The highest BCUT2D eigenvalue weighted by Crippen LogP contribution is 2.39. The molecule has 1 aromatic rings. The Hall–Kier alpha value is -2.44. The fraction of sp³-hybridized carbons (Fsp3) is 0.385. The SMILES string of the molecule is COc1ccc2c(c1)N1C(=O)N(CC(N)=O)CC1CO2. The first-order valence-corrected chi connectivity index (χ1v) is 6.27. The van der Waals surface area contributed by atoms with Crippen molar-refractivity contribution < 1.29 is 19.1 Å². The number of carbonyl (C=O) groups excluding carboxylic acids is 2. The van der Waals surface area contributed by atoms with Crippen LogP contribution in [-0.2, 0) is 4.79 Å². The summed E-state index contributed by atoms with van der Waals surface area (Å²) in [4.78, 5) is 26.5. The third-order valence-electron chi connectivity index (χ3n) is 3.48. The molecule has 0 saturated carbocycles. The number of benzene rings is 1. The van der Waals surface area contributed by atoms with Gasteiger partial charge in [-0.25, -0.2) is 4.79 Å². The maximum Gasteiger partial charge on any atom is 0.325 e. The van der Waals surface area contributed by atoms with E-state index in [0.717, 1.165) is 0 Å². The summed E-state index contributed by atoms with van der Waals surface area (Å²) >= 11 is 0. The van der Waals surface area contributed by atoms with Crippen LogP contribution < -0.4 is 20.1 Å². The average Bonchev–Trinajstić information content (AvgIpc) is 2.74. The summed E-state index contributed by atoms with van der Waals surface area (Å²) in [5.74, 6) is 0.760. The highest BCUT2D eigenvalue weighted by molar-refractivity contribution is 5.99. The summed E-state index contributed by atoms with van der Waals surface area (Å²) in [6.45, 7) is 0.754. The lowest BCUT2D eigenvalue weighted by molar-refractivity contribution is -0.118. The summed E-state index contributed by atoms with van der Waals surface area (Å²) in [5, 5.41) is 0. The highest BCUT2D eigenvalue weighted by Gasteiger charge is 2.42. The van der Waals surface area contributed by atoms with Gasteiger partial charge in [0.1, 0.15) is 24.7 Å². The van der Waals surface area contributed by atoms with Crippen LogP contribution in [0, 0.1) is 0 Å². The summed E-state index contributed by atoms with van der Waals surface area (Å²) in [6.07, 6.45) is 0. The van der Waals surface area contributed by atoms with Crippen LogP contribution in [0.15, 0.2) is 18.2 Å². The van der Waals surface area contributed by atoms with Crippen LogP contribution in [0.25, 0.3) is 0 Å². The molecule has 2 aliphatic rings. The number of methoxy groups -OCH3 is 1. The van der Waals surface area contributed by atoms with Crippen molar-refractivity contribution in [1.29, 1.82) is 0 Å². The Morgan fingerprint density at radius 3 is 3.05 bits per heavy atom. The Kier molecular flexibility index (Phi) is 2.89. The Labute approximate surface area is 115 Å². The first-order valence-electron chi connectivity index (χ1n) is 6.27. The Balaban J connectivity index is 1.94. The second kappa shape index (κ2) is 4.59. The van der Waals surface area contributed by atoms with E-state index in [9.17, 15) is 9.59 Å². The Morgan fingerprint density at radius 1 is 1.55 bits per heavy atom. The van der Waals surface area contributed by atoms with Gasteiger partial charge >= 0.3 is 6.03 Å². The molecule has 0 spiro atoms. The van der Waals surface area contributed by atoms with E-state index < -0.39 is 5.91 Å². The van der Waals surface area contributed by atoms with Crippen molar-refractivity contribution in [2.24, 2.45) is 5.73 Å². The van der Waals surface area contributed by atoms with Crippen LogP contribution in [0.2, 0.25) is 0 Å². The van der Waals surface area contributed by atoms with E-state index in [2.05, 4.69) is 0 Å². The number of hydrogen-bond acceptors (Lipinski definition) is 4.